The Kier molecular flexibility index (Phi) is 6.36. The number of nitro groups is 1. The summed E-state index contributed by atoms with van der Waals surface area (Å²) in [6.07, 6.45) is 1.91. The number of rotatable bonds is 8. The Morgan fingerprint density at radius 2 is 1.75 bits per heavy atom. The summed E-state index contributed by atoms with van der Waals surface area (Å²) in [6, 6.07) is 12.1. The van der Waals surface area contributed by atoms with Gasteiger partial charge in [-0.25, -0.2) is 8.42 Å². The van der Waals surface area contributed by atoms with E-state index in [-0.39, 0.29) is 16.6 Å². The van der Waals surface area contributed by atoms with E-state index < -0.39 is 14.9 Å². The molecule has 1 aliphatic heterocycles. The molecule has 0 radical (unpaired) electrons. The van der Waals surface area contributed by atoms with Gasteiger partial charge in [0.05, 0.1) is 16.9 Å². The summed E-state index contributed by atoms with van der Waals surface area (Å²) in [5.41, 5.74) is 1.27. The van der Waals surface area contributed by atoms with Crippen LogP contribution in [0.3, 0.4) is 0 Å². The summed E-state index contributed by atoms with van der Waals surface area (Å²) in [5.74, 6) is 0.746. The summed E-state index contributed by atoms with van der Waals surface area (Å²) in [5, 5.41) is 12.0. The minimum atomic E-state index is -3.79. The molecule has 0 unspecified atom stereocenters. The maximum absolute atomic E-state index is 13.1. The molecule has 10 heteroatoms. The lowest BCUT2D eigenvalue weighted by atomic mass is 10.1. The van der Waals surface area contributed by atoms with E-state index in [0.717, 1.165) is 24.2 Å². The van der Waals surface area contributed by atoms with E-state index in [0.29, 0.717) is 38.4 Å². The maximum Gasteiger partial charge on any atom is 0.293 e. The Bertz CT molecular complexity index is 1080. The minimum Gasteiger partial charge on any atom is -0.497 e. The third-order valence-electron chi connectivity index (χ3n) is 6.05. The smallest absolute Gasteiger partial charge is 0.293 e. The predicted octanol–water partition coefficient (Wildman–Crippen LogP) is 2.71. The topological polar surface area (TPSA) is 96.2 Å². The molecule has 0 bridgehead atoms. The molecule has 0 atom stereocenters. The van der Waals surface area contributed by atoms with Crippen LogP contribution < -0.4 is 9.64 Å². The number of nitro benzene ring substituents is 1. The molecule has 0 aromatic heterocycles. The first kappa shape index (κ1) is 22.5. The van der Waals surface area contributed by atoms with E-state index in [1.54, 1.807) is 13.2 Å². The normalized spacial score (nSPS) is 17.8. The van der Waals surface area contributed by atoms with E-state index in [1.165, 1.54) is 16.4 Å². The maximum atomic E-state index is 13.1. The largest absolute Gasteiger partial charge is 0.497 e. The Balaban J connectivity index is 1.65. The third kappa shape index (κ3) is 4.72. The van der Waals surface area contributed by atoms with Gasteiger partial charge in [-0.1, -0.05) is 12.1 Å². The molecule has 0 spiro atoms. The lowest BCUT2D eigenvalue weighted by Crippen LogP contribution is -2.47. The van der Waals surface area contributed by atoms with Crippen molar-refractivity contribution >= 4 is 21.4 Å². The number of methoxy groups -OCH3 is 1. The molecular weight excluding hydrogens is 432 g/mol. The zero-order valence-corrected chi connectivity index (χ0v) is 19.1. The highest BCUT2D eigenvalue weighted by Crippen LogP contribution is 2.39. The van der Waals surface area contributed by atoms with Gasteiger partial charge in [0, 0.05) is 44.8 Å². The molecule has 2 aromatic rings. The van der Waals surface area contributed by atoms with Crippen molar-refractivity contribution in [1.29, 1.82) is 0 Å². The van der Waals surface area contributed by atoms with Crippen molar-refractivity contribution in [2.45, 2.75) is 30.3 Å². The highest BCUT2D eigenvalue weighted by molar-refractivity contribution is 7.89. The molecule has 1 saturated heterocycles. The zero-order valence-electron chi connectivity index (χ0n) is 18.3. The molecule has 4 rings (SSSR count). The van der Waals surface area contributed by atoms with E-state index >= 15 is 0 Å². The Hall–Kier alpha value is -2.69. The first-order chi connectivity index (χ1) is 15.3. The molecule has 2 aromatic carbocycles. The first-order valence-corrected chi connectivity index (χ1v) is 12.1. The number of ether oxygens (including phenoxy) is 1. The average Bonchev–Trinajstić information content (AvgIpc) is 3.63. The van der Waals surface area contributed by atoms with Gasteiger partial charge in [0.15, 0.2) is 0 Å². The molecule has 9 nitrogen and oxygen atoms in total. The monoisotopic (exact) mass is 460 g/mol. The van der Waals surface area contributed by atoms with Gasteiger partial charge < -0.3 is 14.5 Å². The van der Waals surface area contributed by atoms with Gasteiger partial charge in [0.25, 0.3) is 5.69 Å². The second-order valence-electron chi connectivity index (χ2n) is 8.32. The summed E-state index contributed by atoms with van der Waals surface area (Å²) in [4.78, 5) is 15.5. The Labute approximate surface area is 188 Å². The van der Waals surface area contributed by atoms with Crippen LogP contribution in [0.25, 0.3) is 0 Å². The first-order valence-electron chi connectivity index (χ1n) is 10.7. The Morgan fingerprint density at radius 1 is 1.09 bits per heavy atom. The van der Waals surface area contributed by atoms with E-state index in [2.05, 4.69) is 4.90 Å². The van der Waals surface area contributed by atoms with Gasteiger partial charge in [0.2, 0.25) is 10.0 Å². The molecule has 1 saturated carbocycles. The second kappa shape index (κ2) is 9.05. The molecule has 32 heavy (non-hydrogen) atoms. The molecule has 172 valence electrons. The van der Waals surface area contributed by atoms with Crippen LogP contribution >= 0.6 is 0 Å². The van der Waals surface area contributed by atoms with E-state index in [9.17, 15) is 18.5 Å². The van der Waals surface area contributed by atoms with Crippen LogP contribution in [0, 0.1) is 10.1 Å². The van der Waals surface area contributed by atoms with Crippen molar-refractivity contribution in [3.63, 3.8) is 0 Å². The standard InChI is InChI=1S/C22H28N4O5S/c1-23-11-13-24(14-12-23)32(29,30)20-9-10-21(22(15-20)26(27)28)25(18-5-6-18)16-17-3-7-19(31-2)8-4-17/h3-4,7-10,15,18H,5-6,11-14,16H2,1-2H3. The van der Waals surface area contributed by atoms with Crippen LogP contribution in [-0.4, -0.2) is 68.9 Å². The molecule has 0 amide bonds. The summed E-state index contributed by atoms with van der Waals surface area (Å²) in [7, 11) is -0.238. The van der Waals surface area contributed by atoms with Gasteiger partial charge in [-0.2, -0.15) is 4.31 Å². The van der Waals surface area contributed by atoms with Crippen molar-refractivity contribution in [2.24, 2.45) is 0 Å². The molecule has 1 aliphatic carbocycles. The molecule has 2 fully saturated rings. The molecule has 2 aliphatic rings. The van der Waals surface area contributed by atoms with Crippen LogP contribution in [0.1, 0.15) is 18.4 Å². The van der Waals surface area contributed by atoms with Gasteiger partial charge in [-0.3, -0.25) is 10.1 Å². The number of benzene rings is 2. The van der Waals surface area contributed by atoms with Crippen molar-refractivity contribution in [3.8, 4) is 5.75 Å². The number of hydrogen-bond donors (Lipinski definition) is 0. The third-order valence-corrected chi connectivity index (χ3v) is 7.95. The van der Waals surface area contributed by atoms with Crippen LogP contribution in [-0.2, 0) is 16.6 Å². The second-order valence-corrected chi connectivity index (χ2v) is 10.3. The number of sulfonamides is 1. The summed E-state index contributed by atoms with van der Waals surface area (Å²) in [6.45, 7) is 2.52. The molecule has 1 heterocycles. The summed E-state index contributed by atoms with van der Waals surface area (Å²) >= 11 is 0. The van der Waals surface area contributed by atoms with Crippen LogP contribution in [0.15, 0.2) is 47.4 Å². The number of anilines is 1. The van der Waals surface area contributed by atoms with Crippen LogP contribution in [0.2, 0.25) is 0 Å². The lowest BCUT2D eigenvalue weighted by Gasteiger charge is -2.31. The highest BCUT2D eigenvalue weighted by atomic mass is 32.2. The van der Waals surface area contributed by atoms with Gasteiger partial charge >= 0.3 is 0 Å². The fourth-order valence-electron chi connectivity index (χ4n) is 3.96. The van der Waals surface area contributed by atoms with E-state index in [1.807, 2.05) is 36.2 Å². The van der Waals surface area contributed by atoms with Crippen LogP contribution in [0.5, 0.6) is 5.75 Å². The highest BCUT2D eigenvalue weighted by Gasteiger charge is 2.35. The van der Waals surface area contributed by atoms with Gasteiger partial charge in [-0.15, -0.1) is 0 Å². The zero-order chi connectivity index (χ0) is 22.9. The number of nitrogens with zero attached hydrogens (tertiary/aromatic N) is 4. The van der Waals surface area contributed by atoms with Crippen LogP contribution in [0.4, 0.5) is 11.4 Å². The fourth-order valence-corrected chi connectivity index (χ4v) is 5.40. The quantitative estimate of drug-likeness (QED) is 0.441. The van der Waals surface area contributed by atoms with Crippen molar-refractivity contribution in [3.05, 3.63) is 58.1 Å². The summed E-state index contributed by atoms with van der Waals surface area (Å²) < 4.78 is 32.8. The molecule has 0 N–H and O–H groups in total. The van der Waals surface area contributed by atoms with Crippen molar-refractivity contribution in [1.82, 2.24) is 9.21 Å². The van der Waals surface area contributed by atoms with Gasteiger partial charge in [0.1, 0.15) is 11.4 Å². The van der Waals surface area contributed by atoms with Gasteiger partial charge in [-0.05, 0) is 49.7 Å². The number of likely N-dealkylation sites (N-methyl/N-ethyl adjacent to an activating group) is 1. The fraction of sp³-hybridized carbons (Fsp3) is 0.455. The van der Waals surface area contributed by atoms with Crippen molar-refractivity contribution in [2.75, 3.05) is 45.2 Å². The lowest BCUT2D eigenvalue weighted by molar-refractivity contribution is -0.384. The molecular formula is C22H28N4O5S. The number of hydrogen-bond acceptors (Lipinski definition) is 7. The van der Waals surface area contributed by atoms with E-state index in [4.69, 9.17) is 4.74 Å². The SMILES string of the molecule is COc1ccc(CN(c2ccc(S(=O)(=O)N3CCN(C)CC3)cc2[N+](=O)[O-])C2CC2)cc1. The Morgan fingerprint density at radius 3 is 2.31 bits per heavy atom. The predicted molar refractivity (Wildman–Crippen MR) is 122 cm³/mol. The van der Waals surface area contributed by atoms with Crippen molar-refractivity contribution < 1.29 is 18.1 Å². The average molecular weight is 461 g/mol. The minimum absolute atomic E-state index is 0.0299. The number of piperazine rings is 1.